The third-order valence-electron chi connectivity index (χ3n) is 3.97. The number of furan rings is 1. The Bertz CT molecular complexity index is 765. The first-order valence-electron chi connectivity index (χ1n) is 7.24. The van der Waals surface area contributed by atoms with Crippen molar-refractivity contribution in [2.45, 2.75) is 24.0 Å². The molecule has 0 spiro atoms. The fourth-order valence-electron chi connectivity index (χ4n) is 2.70. The van der Waals surface area contributed by atoms with E-state index in [0.29, 0.717) is 11.2 Å². The zero-order chi connectivity index (χ0) is 16.4. The van der Waals surface area contributed by atoms with E-state index in [1.807, 2.05) is 12.1 Å². The van der Waals surface area contributed by atoms with E-state index in [1.54, 1.807) is 19.3 Å². The lowest BCUT2D eigenvalue weighted by Gasteiger charge is -2.37. The molecule has 3 rings (SSSR count). The second kappa shape index (κ2) is 6.58. The van der Waals surface area contributed by atoms with Gasteiger partial charge in [-0.2, -0.15) is 9.40 Å². The van der Waals surface area contributed by atoms with Gasteiger partial charge in [0.25, 0.3) is 10.0 Å². The zero-order valence-electron chi connectivity index (χ0n) is 12.6. The van der Waals surface area contributed by atoms with E-state index < -0.39 is 10.0 Å². The monoisotopic (exact) mass is 400 g/mol. The number of likely N-dealkylation sites (N-methyl/N-ethyl adjacent to an activating group) is 1. The second-order valence-corrected chi connectivity index (χ2v) is 8.11. The number of nitrogens with zero attached hydrogens (tertiary/aromatic N) is 4. The average molecular weight is 401 g/mol. The van der Waals surface area contributed by atoms with Gasteiger partial charge < -0.3 is 9.32 Å². The van der Waals surface area contributed by atoms with E-state index in [4.69, 9.17) is 4.42 Å². The number of hydrogen-bond donors (Lipinski definition) is 0. The number of hydrogen-bond acceptors (Lipinski definition) is 6. The molecule has 1 aliphatic rings. The topological polar surface area (TPSA) is 79.5 Å². The standard InChI is InChI=1S/C14H17BrN4O3S/c1-18(23(20,21)14-7-6-12(15)22-14)11-4-3-9-19(10-11)13-5-2-8-16-17-13/h2,5-8,11H,3-4,9-10H2,1H3. The van der Waals surface area contributed by atoms with Gasteiger partial charge in [0.1, 0.15) is 0 Å². The van der Waals surface area contributed by atoms with E-state index in [9.17, 15) is 8.42 Å². The Hall–Kier alpha value is -1.45. The van der Waals surface area contributed by atoms with E-state index in [0.717, 1.165) is 25.2 Å². The van der Waals surface area contributed by atoms with Crippen LogP contribution in [-0.2, 0) is 10.0 Å². The van der Waals surface area contributed by atoms with Crippen molar-refractivity contribution in [3.8, 4) is 0 Å². The first-order chi connectivity index (χ1) is 11.0. The maximum absolute atomic E-state index is 12.7. The highest BCUT2D eigenvalue weighted by molar-refractivity contribution is 9.10. The fraction of sp³-hybridized carbons (Fsp3) is 0.429. The van der Waals surface area contributed by atoms with E-state index in [2.05, 4.69) is 31.0 Å². The molecule has 0 aliphatic carbocycles. The summed E-state index contributed by atoms with van der Waals surface area (Å²) in [5.74, 6) is 0.767. The van der Waals surface area contributed by atoms with Gasteiger partial charge in [0.2, 0.25) is 5.09 Å². The second-order valence-electron chi connectivity index (χ2n) is 5.40. The highest BCUT2D eigenvalue weighted by atomic mass is 79.9. The molecule has 0 aromatic carbocycles. The third kappa shape index (κ3) is 3.41. The summed E-state index contributed by atoms with van der Waals surface area (Å²) >= 11 is 3.14. The molecule has 3 heterocycles. The van der Waals surface area contributed by atoms with Gasteiger partial charge in [-0.15, -0.1) is 5.10 Å². The maximum Gasteiger partial charge on any atom is 0.276 e. The van der Waals surface area contributed by atoms with Crippen LogP contribution in [0.25, 0.3) is 0 Å². The number of aromatic nitrogens is 2. The van der Waals surface area contributed by atoms with Crippen molar-refractivity contribution in [1.82, 2.24) is 14.5 Å². The predicted octanol–water partition coefficient (Wildman–Crippen LogP) is 2.12. The van der Waals surface area contributed by atoms with Gasteiger partial charge in [-0.25, -0.2) is 8.42 Å². The summed E-state index contributed by atoms with van der Waals surface area (Å²) < 4.78 is 32.3. The summed E-state index contributed by atoms with van der Waals surface area (Å²) in [4.78, 5) is 2.06. The smallest absolute Gasteiger partial charge is 0.276 e. The number of piperidine rings is 1. The first-order valence-corrected chi connectivity index (χ1v) is 9.48. The minimum absolute atomic E-state index is 0.0523. The van der Waals surface area contributed by atoms with Gasteiger partial charge in [0, 0.05) is 32.4 Å². The molecule has 124 valence electrons. The SMILES string of the molecule is CN(C1CCCN(c2cccnn2)C1)S(=O)(=O)c1ccc(Br)o1. The largest absolute Gasteiger partial charge is 0.437 e. The summed E-state index contributed by atoms with van der Waals surface area (Å²) in [6.45, 7) is 1.42. The minimum Gasteiger partial charge on any atom is -0.437 e. The molecule has 9 heteroatoms. The van der Waals surface area contributed by atoms with Crippen molar-refractivity contribution >= 4 is 31.8 Å². The Morgan fingerprint density at radius 1 is 1.39 bits per heavy atom. The summed E-state index contributed by atoms with van der Waals surface area (Å²) in [7, 11) is -2.06. The molecule has 1 unspecified atom stereocenters. The molecule has 2 aromatic heterocycles. The van der Waals surface area contributed by atoms with Crippen LogP contribution >= 0.6 is 15.9 Å². The van der Waals surface area contributed by atoms with Crippen molar-refractivity contribution in [2.75, 3.05) is 25.0 Å². The van der Waals surface area contributed by atoms with Gasteiger partial charge >= 0.3 is 0 Å². The normalized spacial score (nSPS) is 19.3. The fourth-order valence-corrected chi connectivity index (χ4v) is 4.39. The van der Waals surface area contributed by atoms with Gasteiger partial charge in [-0.1, -0.05) is 0 Å². The Kier molecular flexibility index (Phi) is 4.69. The number of sulfonamides is 1. The molecule has 0 bridgehead atoms. The Labute approximate surface area is 143 Å². The van der Waals surface area contributed by atoms with Crippen LogP contribution in [0.3, 0.4) is 0 Å². The van der Waals surface area contributed by atoms with Gasteiger partial charge in [0.05, 0.1) is 0 Å². The molecule has 1 fully saturated rings. The summed E-state index contributed by atoms with van der Waals surface area (Å²) in [5.41, 5.74) is 0. The van der Waals surface area contributed by atoms with E-state index in [-0.39, 0.29) is 11.1 Å². The van der Waals surface area contributed by atoms with E-state index in [1.165, 1.54) is 10.4 Å². The quantitative estimate of drug-likeness (QED) is 0.781. The van der Waals surface area contributed by atoms with Crippen LogP contribution in [0.2, 0.25) is 0 Å². The molecule has 0 amide bonds. The van der Waals surface area contributed by atoms with Crippen molar-refractivity contribution in [3.63, 3.8) is 0 Å². The van der Waals surface area contributed by atoms with E-state index >= 15 is 0 Å². The molecule has 7 nitrogen and oxygen atoms in total. The van der Waals surface area contributed by atoms with Crippen molar-refractivity contribution in [2.24, 2.45) is 0 Å². The molecule has 1 atom stereocenters. The van der Waals surface area contributed by atoms with Crippen LogP contribution in [0, 0.1) is 0 Å². The number of anilines is 1. The third-order valence-corrected chi connectivity index (χ3v) is 6.19. The lowest BCUT2D eigenvalue weighted by atomic mass is 10.1. The van der Waals surface area contributed by atoms with Crippen LogP contribution in [0.1, 0.15) is 12.8 Å². The molecule has 0 radical (unpaired) electrons. The molecule has 0 saturated carbocycles. The van der Waals surface area contributed by atoms with Gasteiger partial charge in [0.15, 0.2) is 10.5 Å². The zero-order valence-corrected chi connectivity index (χ0v) is 15.0. The minimum atomic E-state index is -3.65. The Balaban J connectivity index is 1.78. The Morgan fingerprint density at radius 3 is 2.87 bits per heavy atom. The van der Waals surface area contributed by atoms with Gasteiger partial charge in [-0.05, 0) is 53.0 Å². The first kappa shape index (κ1) is 16.4. The van der Waals surface area contributed by atoms with Crippen molar-refractivity contribution in [3.05, 3.63) is 35.1 Å². The summed E-state index contributed by atoms with van der Waals surface area (Å²) in [6, 6.07) is 6.60. The predicted molar refractivity (Wildman–Crippen MR) is 88.6 cm³/mol. The van der Waals surface area contributed by atoms with Crippen LogP contribution < -0.4 is 4.90 Å². The molecule has 0 N–H and O–H groups in total. The highest BCUT2D eigenvalue weighted by Crippen LogP contribution is 2.26. The van der Waals surface area contributed by atoms with Gasteiger partial charge in [-0.3, -0.25) is 0 Å². The number of halogens is 1. The van der Waals surface area contributed by atoms with Crippen LogP contribution in [0.4, 0.5) is 5.82 Å². The van der Waals surface area contributed by atoms with Crippen LogP contribution in [-0.4, -0.2) is 49.1 Å². The highest BCUT2D eigenvalue weighted by Gasteiger charge is 2.33. The Morgan fingerprint density at radius 2 is 2.22 bits per heavy atom. The average Bonchev–Trinajstić information content (AvgIpc) is 3.02. The summed E-state index contributed by atoms with van der Waals surface area (Å²) in [6.07, 6.45) is 3.31. The van der Waals surface area contributed by atoms with Crippen molar-refractivity contribution in [1.29, 1.82) is 0 Å². The van der Waals surface area contributed by atoms with Crippen LogP contribution in [0.5, 0.6) is 0 Å². The maximum atomic E-state index is 12.7. The van der Waals surface area contributed by atoms with Crippen LogP contribution in [0.15, 0.2) is 44.6 Å². The molecule has 1 aliphatic heterocycles. The number of rotatable bonds is 4. The molecule has 1 saturated heterocycles. The summed E-state index contributed by atoms with van der Waals surface area (Å²) in [5, 5.41) is 7.94. The molecular formula is C14H17BrN4O3S. The molecular weight excluding hydrogens is 384 g/mol. The molecule has 2 aromatic rings. The van der Waals surface area contributed by atoms with Crippen molar-refractivity contribution < 1.29 is 12.8 Å². The lowest BCUT2D eigenvalue weighted by molar-refractivity contribution is 0.308. The molecule has 23 heavy (non-hydrogen) atoms. The lowest BCUT2D eigenvalue weighted by Crippen LogP contribution is -2.48.